The van der Waals surface area contributed by atoms with Gasteiger partial charge in [-0.2, -0.15) is 5.10 Å². The molecule has 0 spiro atoms. The predicted molar refractivity (Wildman–Crippen MR) is 155 cm³/mol. The first kappa shape index (κ1) is 28.2. The van der Waals surface area contributed by atoms with Crippen LogP contribution in [0.25, 0.3) is 5.69 Å². The van der Waals surface area contributed by atoms with Crippen molar-refractivity contribution < 1.29 is 18.1 Å². The van der Waals surface area contributed by atoms with E-state index in [1.54, 1.807) is 6.07 Å². The Balaban J connectivity index is 1.60. The number of nitrogens with one attached hydrogen (secondary N) is 1. The zero-order valence-corrected chi connectivity index (χ0v) is 23.3. The van der Waals surface area contributed by atoms with Crippen LogP contribution in [0.1, 0.15) is 28.1 Å². The molecule has 0 aliphatic rings. The smallest absolute Gasteiger partial charge is 0.293 e. The lowest BCUT2D eigenvalue weighted by Gasteiger charge is -2.23. The number of hydrogen-bond acceptors (Lipinski definition) is 6. The molecule has 40 heavy (non-hydrogen) atoms. The number of aryl methyl sites for hydroxylation is 3. The molecular weight excluding hydrogens is 530 g/mol. The van der Waals surface area contributed by atoms with Crippen LogP contribution in [0.15, 0.2) is 88.9 Å². The Bertz CT molecular complexity index is 1710. The van der Waals surface area contributed by atoms with Crippen molar-refractivity contribution in [2.75, 3.05) is 10.8 Å². The highest BCUT2D eigenvalue weighted by molar-refractivity contribution is 7.92. The number of carbonyl (C=O) groups is 1. The van der Waals surface area contributed by atoms with Gasteiger partial charge in [0.1, 0.15) is 12.2 Å². The van der Waals surface area contributed by atoms with Gasteiger partial charge in [-0.25, -0.2) is 18.1 Å². The van der Waals surface area contributed by atoms with Crippen LogP contribution >= 0.6 is 0 Å². The van der Waals surface area contributed by atoms with Crippen molar-refractivity contribution in [2.45, 2.75) is 32.6 Å². The van der Waals surface area contributed by atoms with Gasteiger partial charge in [0.2, 0.25) is 0 Å². The molecule has 0 aliphatic heterocycles. The molecule has 1 N–H and O–H groups in total. The zero-order chi connectivity index (χ0) is 29.0. The standard InChI is InChI=1S/C29H29N5O5S/c1-20-14-15-26(21(2)16-20)33-22(3)17-24(23(33)4)18-30-31-29(35)19-32(27-12-8-9-13-28(27)34(36)37)40(38,39)25-10-6-5-7-11-25/h5-18H,19H2,1-4H3,(H,31,35)/b30-18-. The number of aromatic nitrogens is 1. The Morgan fingerprint density at radius 3 is 2.35 bits per heavy atom. The number of hydrogen-bond donors (Lipinski definition) is 1. The first-order valence-corrected chi connectivity index (χ1v) is 13.8. The molecule has 1 heterocycles. The number of nitro benzene ring substituents is 1. The third-order valence-electron chi connectivity index (χ3n) is 6.42. The molecule has 11 heteroatoms. The fourth-order valence-corrected chi connectivity index (χ4v) is 5.99. The maximum Gasteiger partial charge on any atom is 0.293 e. The number of para-hydroxylation sites is 2. The van der Waals surface area contributed by atoms with Crippen molar-refractivity contribution in [3.05, 3.63) is 117 Å². The van der Waals surface area contributed by atoms with Crippen molar-refractivity contribution in [3.8, 4) is 5.69 Å². The van der Waals surface area contributed by atoms with Crippen molar-refractivity contribution >= 4 is 33.5 Å². The van der Waals surface area contributed by atoms with Crippen LogP contribution in [-0.2, 0) is 14.8 Å². The number of hydrazone groups is 1. The summed E-state index contributed by atoms with van der Waals surface area (Å²) in [7, 11) is -4.32. The van der Waals surface area contributed by atoms with E-state index in [-0.39, 0.29) is 10.6 Å². The average Bonchev–Trinajstić information content (AvgIpc) is 3.20. The number of anilines is 1. The van der Waals surface area contributed by atoms with Gasteiger partial charge in [0.25, 0.3) is 21.6 Å². The fourth-order valence-electron chi connectivity index (χ4n) is 4.53. The molecule has 0 saturated carbocycles. The number of nitrogens with zero attached hydrogens (tertiary/aromatic N) is 4. The molecular formula is C29H29N5O5S. The lowest BCUT2D eigenvalue weighted by Crippen LogP contribution is -2.39. The highest BCUT2D eigenvalue weighted by Gasteiger charge is 2.31. The second-order valence-electron chi connectivity index (χ2n) is 9.32. The molecule has 0 radical (unpaired) electrons. The van der Waals surface area contributed by atoms with Crippen LogP contribution in [0, 0.1) is 37.8 Å². The molecule has 0 atom stereocenters. The van der Waals surface area contributed by atoms with Crippen molar-refractivity contribution in [2.24, 2.45) is 5.10 Å². The van der Waals surface area contributed by atoms with Crippen LogP contribution in [-0.4, -0.2) is 36.6 Å². The van der Waals surface area contributed by atoms with Crippen LogP contribution < -0.4 is 9.73 Å². The van der Waals surface area contributed by atoms with E-state index < -0.39 is 33.1 Å². The molecule has 10 nitrogen and oxygen atoms in total. The number of nitro groups is 1. The van der Waals surface area contributed by atoms with Crippen molar-refractivity contribution in [3.63, 3.8) is 0 Å². The number of benzene rings is 3. The molecule has 0 saturated heterocycles. The summed E-state index contributed by atoms with van der Waals surface area (Å²) in [6.45, 7) is 7.27. The molecule has 4 aromatic rings. The van der Waals surface area contributed by atoms with E-state index in [1.807, 2.05) is 39.8 Å². The van der Waals surface area contributed by atoms with Crippen LogP contribution in [0.4, 0.5) is 11.4 Å². The van der Waals surface area contributed by atoms with Crippen molar-refractivity contribution in [1.29, 1.82) is 0 Å². The van der Waals surface area contributed by atoms with Gasteiger partial charge >= 0.3 is 0 Å². The van der Waals surface area contributed by atoms with Gasteiger partial charge in [-0.15, -0.1) is 0 Å². The quantitative estimate of drug-likeness (QED) is 0.176. The summed E-state index contributed by atoms with van der Waals surface area (Å²) in [6, 6.07) is 20.9. The zero-order valence-electron chi connectivity index (χ0n) is 22.5. The highest BCUT2D eigenvalue weighted by atomic mass is 32.2. The molecule has 4 rings (SSSR count). The molecule has 1 amide bonds. The molecule has 1 aromatic heterocycles. The van der Waals surface area contributed by atoms with Crippen LogP contribution in [0.5, 0.6) is 0 Å². The minimum atomic E-state index is -4.32. The Labute approximate surface area is 232 Å². The molecule has 0 aliphatic carbocycles. The van der Waals surface area contributed by atoms with Gasteiger partial charge in [0, 0.05) is 28.7 Å². The monoisotopic (exact) mass is 559 g/mol. The SMILES string of the molecule is Cc1ccc(-n2c(C)cc(/C=N\NC(=O)CN(c3ccccc3[N+](=O)[O-])S(=O)(=O)c3ccccc3)c2C)c(C)c1. The van der Waals surface area contributed by atoms with E-state index >= 15 is 0 Å². The maximum atomic E-state index is 13.5. The van der Waals surface area contributed by atoms with Gasteiger partial charge in [-0.1, -0.05) is 48.0 Å². The van der Waals surface area contributed by atoms with Crippen molar-refractivity contribution in [1.82, 2.24) is 9.99 Å². The van der Waals surface area contributed by atoms with E-state index in [2.05, 4.69) is 27.2 Å². The highest BCUT2D eigenvalue weighted by Crippen LogP contribution is 2.32. The molecule has 0 unspecified atom stereocenters. The summed E-state index contributed by atoms with van der Waals surface area (Å²) >= 11 is 0. The molecule has 0 bridgehead atoms. The largest absolute Gasteiger partial charge is 0.318 e. The van der Waals surface area contributed by atoms with Gasteiger partial charge in [0.15, 0.2) is 0 Å². The van der Waals surface area contributed by atoms with Gasteiger partial charge in [-0.3, -0.25) is 14.9 Å². The fraction of sp³-hybridized carbons (Fsp3) is 0.172. The predicted octanol–water partition coefficient (Wildman–Crippen LogP) is 4.96. The minimum absolute atomic E-state index is 0.108. The van der Waals surface area contributed by atoms with Gasteiger partial charge in [0.05, 0.1) is 16.0 Å². The maximum absolute atomic E-state index is 13.5. The van der Waals surface area contributed by atoms with Crippen LogP contribution in [0.3, 0.4) is 0 Å². The van der Waals surface area contributed by atoms with E-state index in [0.717, 1.165) is 38.1 Å². The number of carbonyl (C=O) groups excluding carboxylic acids is 1. The normalized spacial score (nSPS) is 11.5. The Hall–Kier alpha value is -4.77. The summed E-state index contributed by atoms with van der Waals surface area (Å²) < 4.78 is 29.8. The lowest BCUT2D eigenvalue weighted by molar-refractivity contribution is -0.384. The Morgan fingerprint density at radius 2 is 1.68 bits per heavy atom. The lowest BCUT2D eigenvalue weighted by atomic mass is 10.1. The topological polar surface area (TPSA) is 127 Å². The Kier molecular flexibility index (Phi) is 8.15. The molecule has 0 fully saturated rings. The number of amides is 1. The van der Waals surface area contributed by atoms with Gasteiger partial charge < -0.3 is 4.57 Å². The first-order chi connectivity index (χ1) is 19.0. The Morgan fingerprint density at radius 1 is 1.00 bits per heavy atom. The second-order valence-corrected chi connectivity index (χ2v) is 11.2. The summed E-state index contributed by atoms with van der Waals surface area (Å²) in [5, 5.41) is 15.7. The van der Waals surface area contributed by atoms with Gasteiger partial charge in [-0.05, 0) is 63.6 Å². The second kappa shape index (κ2) is 11.5. The minimum Gasteiger partial charge on any atom is -0.318 e. The number of sulfonamides is 1. The van der Waals surface area contributed by atoms with E-state index in [1.165, 1.54) is 54.7 Å². The summed E-state index contributed by atoms with van der Waals surface area (Å²) in [5.74, 6) is -0.767. The molecule has 206 valence electrons. The summed E-state index contributed by atoms with van der Waals surface area (Å²) in [5.41, 5.74) is 7.67. The first-order valence-electron chi connectivity index (χ1n) is 12.4. The molecule has 3 aromatic carbocycles. The third kappa shape index (κ3) is 5.79. The number of rotatable bonds is 9. The summed E-state index contributed by atoms with van der Waals surface area (Å²) in [4.78, 5) is 23.8. The third-order valence-corrected chi connectivity index (χ3v) is 8.20. The summed E-state index contributed by atoms with van der Waals surface area (Å²) in [6.07, 6.45) is 1.49. The van der Waals surface area contributed by atoms with E-state index in [0.29, 0.717) is 0 Å². The van der Waals surface area contributed by atoms with Crippen LogP contribution in [0.2, 0.25) is 0 Å². The average molecular weight is 560 g/mol. The van der Waals surface area contributed by atoms with E-state index in [4.69, 9.17) is 0 Å². The van der Waals surface area contributed by atoms with E-state index in [9.17, 15) is 23.3 Å².